The number of aromatic nitrogens is 1. The molecule has 1 aliphatic heterocycles. The number of benzene rings is 2. The van der Waals surface area contributed by atoms with E-state index in [0.29, 0.717) is 44.0 Å². The van der Waals surface area contributed by atoms with Crippen LogP contribution >= 0.6 is 35.2 Å². The molecule has 1 saturated heterocycles. The Morgan fingerprint density at radius 1 is 1.14 bits per heavy atom. The van der Waals surface area contributed by atoms with Gasteiger partial charge in [0.05, 0.1) is 10.2 Å². The zero-order valence-electron chi connectivity index (χ0n) is 19.8. The molecule has 3 aromatic rings. The lowest BCUT2D eigenvalue weighted by atomic mass is 9.86. The van der Waals surface area contributed by atoms with Crippen molar-refractivity contribution in [3.8, 4) is 11.5 Å². The molecule has 0 N–H and O–H groups in total. The minimum absolute atomic E-state index is 0.0935. The first-order chi connectivity index (χ1) is 17.8. The van der Waals surface area contributed by atoms with E-state index in [4.69, 9.17) is 14.2 Å². The van der Waals surface area contributed by atoms with Crippen LogP contribution in [0, 0.1) is 3.57 Å². The molecule has 2 unspecified atom stereocenters. The van der Waals surface area contributed by atoms with E-state index in [2.05, 4.69) is 40.2 Å². The van der Waals surface area contributed by atoms with Crippen molar-refractivity contribution in [1.82, 2.24) is 9.88 Å². The fourth-order valence-electron chi connectivity index (χ4n) is 4.55. The van der Waals surface area contributed by atoms with Crippen LogP contribution in [0.2, 0.25) is 0 Å². The normalized spacial score (nSPS) is 18.5. The van der Waals surface area contributed by atoms with Crippen LogP contribution in [-0.2, 0) is 9.53 Å². The van der Waals surface area contributed by atoms with Crippen LogP contribution < -0.4 is 9.47 Å². The lowest BCUT2D eigenvalue weighted by molar-refractivity contribution is -0.215. The zero-order chi connectivity index (χ0) is 26.4. The highest BCUT2D eigenvalue weighted by Gasteiger charge is 2.44. The minimum atomic E-state index is -5.06. The molecule has 0 bridgehead atoms. The Balaban J connectivity index is 1.44. The third-order valence-corrected chi connectivity index (χ3v) is 7.24. The average Bonchev–Trinajstić information content (AvgIpc) is 2.88. The number of carbonyl (C=O) groups excluding carboxylic acids is 1. The van der Waals surface area contributed by atoms with Crippen molar-refractivity contribution in [3.05, 3.63) is 64.0 Å². The number of fused-ring (bicyclic) bond motifs is 1. The molecule has 11 heteroatoms. The number of piperidine rings is 1. The summed E-state index contributed by atoms with van der Waals surface area (Å²) >= 11 is 6.24. The molecule has 2 aromatic carbocycles. The molecule has 0 saturated carbocycles. The molecule has 2 atom stereocenters. The second kappa shape index (κ2) is 12.5. The fraction of sp³-hybridized carbons (Fsp3) is 0.385. The maximum absolute atomic E-state index is 13.1. The summed E-state index contributed by atoms with van der Waals surface area (Å²) in [6.07, 6.45) is -1.09. The quantitative estimate of drug-likeness (QED) is 0.0985. The summed E-state index contributed by atoms with van der Waals surface area (Å²) < 4.78 is 56.4. The summed E-state index contributed by atoms with van der Waals surface area (Å²) in [6, 6.07) is 13.3. The van der Waals surface area contributed by atoms with Crippen molar-refractivity contribution >= 4 is 52.0 Å². The largest absolute Gasteiger partial charge is 0.490 e. The Labute approximate surface area is 232 Å². The predicted molar refractivity (Wildman–Crippen MR) is 145 cm³/mol. The number of para-hydroxylation sites is 1. The van der Waals surface area contributed by atoms with Gasteiger partial charge in [-0.25, -0.2) is 4.79 Å². The molecule has 6 nitrogen and oxygen atoms in total. The van der Waals surface area contributed by atoms with Crippen LogP contribution in [0.4, 0.5) is 13.2 Å². The first-order valence-electron chi connectivity index (χ1n) is 11.8. The van der Waals surface area contributed by atoms with E-state index in [1.807, 2.05) is 36.4 Å². The van der Waals surface area contributed by atoms with Gasteiger partial charge in [-0.3, -0.25) is 9.88 Å². The summed E-state index contributed by atoms with van der Waals surface area (Å²) in [5.74, 6) is -0.904. The predicted octanol–water partition coefficient (Wildman–Crippen LogP) is 6.19. The van der Waals surface area contributed by atoms with Crippen LogP contribution in [0.25, 0.3) is 10.8 Å². The van der Waals surface area contributed by atoms with Crippen LogP contribution in [-0.4, -0.2) is 53.9 Å². The molecular weight excluding hydrogens is 620 g/mol. The molecule has 2 heterocycles. The monoisotopic (exact) mass is 646 g/mol. The van der Waals surface area contributed by atoms with Crippen molar-refractivity contribution < 1.29 is 32.2 Å². The Bertz CT molecular complexity index is 1220. The summed E-state index contributed by atoms with van der Waals surface area (Å²) in [5.41, 5.74) is 0.949. The number of hydrogen-bond acceptors (Lipinski definition) is 7. The highest BCUT2D eigenvalue weighted by atomic mass is 127. The topological polar surface area (TPSA) is 60.9 Å². The summed E-state index contributed by atoms with van der Waals surface area (Å²) in [7, 11) is 0. The van der Waals surface area contributed by atoms with Crippen LogP contribution in [0.15, 0.2) is 54.9 Å². The number of pyridine rings is 1. The molecule has 4 rings (SSSR count). The maximum Gasteiger partial charge on any atom is 0.490 e. The van der Waals surface area contributed by atoms with E-state index in [1.165, 1.54) is 0 Å². The van der Waals surface area contributed by atoms with Crippen molar-refractivity contribution in [2.75, 3.05) is 25.6 Å². The number of carbonyl (C=O) groups is 1. The molecule has 0 radical (unpaired) electrons. The molecule has 0 aliphatic carbocycles. The molecule has 1 fully saturated rings. The van der Waals surface area contributed by atoms with Crippen molar-refractivity contribution in [2.45, 2.75) is 37.6 Å². The number of alkyl halides is 3. The van der Waals surface area contributed by atoms with Crippen molar-refractivity contribution in [1.29, 1.82) is 0 Å². The standard InChI is InChI=1S/C26H26F3IN2O4S/c27-26(28,29)25(33)36-23-13-17(20-15-31-14-18-5-1-2-6-19(18)20)9-11-32(23)10-4-12-34-24-21(30)7-3-8-22(24)35-16-37/h1-3,5-8,14-15,17,23,37H,4,9-13,16H2. The highest BCUT2D eigenvalue weighted by Crippen LogP contribution is 2.37. The van der Waals surface area contributed by atoms with E-state index in [9.17, 15) is 18.0 Å². The molecule has 198 valence electrons. The van der Waals surface area contributed by atoms with Gasteiger partial charge in [-0.05, 0) is 64.4 Å². The average molecular weight is 646 g/mol. The third kappa shape index (κ3) is 6.99. The zero-order valence-corrected chi connectivity index (χ0v) is 22.8. The summed E-state index contributed by atoms with van der Waals surface area (Å²) in [4.78, 5) is 17.8. The number of thiol groups is 1. The maximum atomic E-state index is 13.1. The Morgan fingerprint density at radius 2 is 1.95 bits per heavy atom. The second-order valence-electron chi connectivity index (χ2n) is 8.61. The highest BCUT2D eigenvalue weighted by molar-refractivity contribution is 14.1. The van der Waals surface area contributed by atoms with Gasteiger partial charge in [-0.1, -0.05) is 30.3 Å². The Kier molecular flexibility index (Phi) is 9.41. The fourth-order valence-corrected chi connectivity index (χ4v) is 5.31. The van der Waals surface area contributed by atoms with Gasteiger partial charge in [0.25, 0.3) is 0 Å². The Morgan fingerprint density at radius 3 is 2.73 bits per heavy atom. The van der Waals surface area contributed by atoms with Gasteiger partial charge >= 0.3 is 12.1 Å². The second-order valence-corrected chi connectivity index (χ2v) is 10.0. The first-order valence-corrected chi connectivity index (χ1v) is 13.5. The first kappa shape index (κ1) is 27.8. The van der Waals surface area contributed by atoms with Crippen LogP contribution in [0.3, 0.4) is 0 Å². The number of esters is 1. The Hall–Kier alpha value is -2.25. The summed E-state index contributed by atoms with van der Waals surface area (Å²) in [5, 5.41) is 1.96. The van der Waals surface area contributed by atoms with E-state index in [1.54, 1.807) is 23.4 Å². The van der Waals surface area contributed by atoms with Gasteiger partial charge in [-0.2, -0.15) is 13.2 Å². The van der Waals surface area contributed by atoms with Crippen LogP contribution in [0.5, 0.6) is 11.5 Å². The molecular formula is C26H26F3IN2O4S. The number of hydrogen-bond donors (Lipinski definition) is 1. The van der Waals surface area contributed by atoms with Crippen LogP contribution in [0.1, 0.15) is 30.7 Å². The van der Waals surface area contributed by atoms with Gasteiger partial charge in [-0.15, -0.1) is 12.6 Å². The molecule has 0 amide bonds. The number of rotatable bonds is 9. The third-order valence-electron chi connectivity index (χ3n) is 6.26. The van der Waals surface area contributed by atoms with E-state index in [0.717, 1.165) is 19.9 Å². The van der Waals surface area contributed by atoms with Gasteiger partial charge in [0.2, 0.25) is 0 Å². The number of ether oxygens (including phenoxy) is 3. The van der Waals surface area contributed by atoms with E-state index in [-0.39, 0.29) is 18.3 Å². The van der Waals surface area contributed by atoms with E-state index >= 15 is 0 Å². The van der Waals surface area contributed by atoms with Gasteiger partial charge in [0.15, 0.2) is 17.7 Å². The van der Waals surface area contributed by atoms with E-state index < -0.39 is 18.4 Å². The van der Waals surface area contributed by atoms with Gasteiger partial charge in [0, 0.05) is 37.3 Å². The molecule has 0 spiro atoms. The SMILES string of the molecule is O=C(OC1CC(c2cncc3ccccc23)CCN1CCCOc1c(I)cccc1OCS)C(F)(F)F. The lowest BCUT2D eigenvalue weighted by Crippen LogP contribution is -2.47. The number of nitrogens with zero attached hydrogens (tertiary/aromatic N) is 2. The minimum Gasteiger partial charge on any atom is -0.489 e. The van der Waals surface area contributed by atoms with Crippen molar-refractivity contribution in [2.24, 2.45) is 0 Å². The van der Waals surface area contributed by atoms with Gasteiger partial charge < -0.3 is 14.2 Å². The molecule has 1 aromatic heterocycles. The number of likely N-dealkylation sites (tertiary alicyclic amines) is 1. The van der Waals surface area contributed by atoms with Gasteiger partial charge in [0.1, 0.15) is 5.94 Å². The lowest BCUT2D eigenvalue weighted by Gasteiger charge is -2.39. The molecule has 37 heavy (non-hydrogen) atoms. The smallest absolute Gasteiger partial charge is 0.489 e. The number of halogens is 4. The van der Waals surface area contributed by atoms with Crippen molar-refractivity contribution in [3.63, 3.8) is 0 Å². The molecule has 1 aliphatic rings. The summed E-state index contributed by atoms with van der Waals surface area (Å²) in [6.45, 7) is 1.19.